The first kappa shape index (κ1) is 11.8. The van der Waals surface area contributed by atoms with Crippen molar-refractivity contribution in [3.63, 3.8) is 0 Å². The van der Waals surface area contributed by atoms with Gasteiger partial charge in [0.2, 0.25) is 0 Å². The number of hydrogen-bond donors (Lipinski definition) is 2. The SMILES string of the molecule is Cc1c(N)nc(-c2ccc(F)cc2Br)[nH]c1=O. The summed E-state index contributed by atoms with van der Waals surface area (Å²) in [4.78, 5) is 18.2. The largest absolute Gasteiger partial charge is 0.383 e. The lowest BCUT2D eigenvalue weighted by molar-refractivity contribution is 0.627. The molecule has 0 saturated carbocycles. The number of nitrogens with one attached hydrogen (secondary N) is 1. The Morgan fingerprint density at radius 2 is 2.18 bits per heavy atom. The van der Waals surface area contributed by atoms with E-state index < -0.39 is 0 Å². The molecule has 2 aromatic rings. The molecular formula is C11H9BrFN3O. The molecule has 0 unspecified atom stereocenters. The van der Waals surface area contributed by atoms with Crippen LogP contribution in [0.3, 0.4) is 0 Å². The van der Waals surface area contributed by atoms with E-state index in [9.17, 15) is 9.18 Å². The van der Waals surface area contributed by atoms with Gasteiger partial charge in [0, 0.05) is 10.0 Å². The van der Waals surface area contributed by atoms with Crippen molar-refractivity contribution in [3.05, 3.63) is 44.4 Å². The molecule has 1 aromatic carbocycles. The van der Waals surface area contributed by atoms with Crippen LogP contribution in [0.15, 0.2) is 27.5 Å². The Morgan fingerprint density at radius 1 is 1.47 bits per heavy atom. The minimum atomic E-state index is -0.372. The highest BCUT2D eigenvalue weighted by atomic mass is 79.9. The number of nitrogen functional groups attached to an aromatic ring is 1. The Morgan fingerprint density at radius 3 is 2.76 bits per heavy atom. The summed E-state index contributed by atoms with van der Waals surface area (Å²) >= 11 is 3.21. The zero-order valence-corrected chi connectivity index (χ0v) is 10.5. The Labute approximate surface area is 105 Å². The molecule has 0 atom stereocenters. The van der Waals surface area contributed by atoms with E-state index in [0.29, 0.717) is 21.4 Å². The van der Waals surface area contributed by atoms with Crippen LogP contribution in [-0.4, -0.2) is 9.97 Å². The number of anilines is 1. The van der Waals surface area contributed by atoms with Crippen LogP contribution in [0.2, 0.25) is 0 Å². The summed E-state index contributed by atoms with van der Waals surface area (Å²) in [6, 6.07) is 4.11. The molecule has 1 aromatic heterocycles. The monoisotopic (exact) mass is 297 g/mol. The first-order valence-corrected chi connectivity index (χ1v) is 5.60. The van der Waals surface area contributed by atoms with Crippen molar-refractivity contribution >= 4 is 21.7 Å². The van der Waals surface area contributed by atoms with Crippen LogP contribution in [0.5, 0.6) is 0 Å². The second-order valence-corrected chi connectivity index (χ2v) is 4.40. The van der Waals surface area contributed by atoms with Gasteiger partial charge >= 0.3 is 0 Å². The van der Waals surface area contributed by atoms with E-state index in [0.717, 1.165) is 0 Å². The quantitative estimate of drug-likeness (QED) is 0.848. The minimum Gasteiger partial charge on any atom is -0.383 e. The van der Waals surface area contributed by atoms with E-state index in [4.69, 9.17) is 5.73 Å². The second-order valence-electron chi connectivity index (χ2n) is 3.55. The Balaban J connectivity index is 2.65. The molecule has 0 aliphatic heterocycles. The molecular weight excluding hydrogens is 289 g/mol. The summed E-state index contributed by atoms with van der Waals surface area (Å²) < 4.78 is 13.4. The van der Waals surface area contributed by atoms with Gasteiger partial charge in [-0.3, -0.25) is 4.79 Å². The van der Waals surface area contributed by atoms with Crippen LogP contribution in [0, 0.1) is 12.7 Å². The van der Waals surface area contributed by atoms with Crippen molar-refractivity contribution in [1.29, 1.82) is 0 Å². The van der Waals surface area contributed by atoms with Crippen LogP contribution in [0.1, 0.15) is 5.56 Å². The molecule has 3 N–H and O–H groups in total. The first-order valence-electron chi connectivity index (χ1n) is 4.81. The molecule has 0 bridgehead atoms. The molecule has 0 saturated heterocycles. The van der Waals surface area contributed by atoms with E-state index in [-0.39, 0.29) is 17.2 Å². The van der Waals surface area contributed by atoms with Crippen molar-refractivity contribution in [2.45, 2.75) is 6.92 Å². The van der Waals surface area contributed by atoms with Crippen LogP contribution in [0.4, 0.5) is 10.2 Å². The average molecular weight is 298 g/mol. The van der Waals surface area contributed by atoms with Gasteiger partial charge in [-0.2, -0.15) is 0 Å². The van der Waals surface area contributed by atoms with Gasteiger partial charge in [0.05, 0.1) is 5.56 Å². The summed E-state index contributed by atoms with van der Waals surface area (Å²) in [7, 11) is 0. The molecule has 0 radical (unpaired) electrons. The maximum absolute atomic E-state index is 12.9. The lowest BCUT2D eigenvalue weighted by atomic mass is 10.2. The lowest BCUT2D eigenvalue weighted by Crippen LogP contribution is -2.15. The van der Waals surface area contributed by atoms with Gasteiger partial charge in [-0.1, -0.05) is 0 Å². The molecule has 0 aliphatic rings. The van der Waals surface area contributed by atoms with Gasteiger partial charge < -0.3 is 10.7 Å². The van der Waals surface area contributed by atoms with Gasteiger partial charge in [0.15, 0.2) is 0 Å². The molecule has 2 rings (SSSR count). The third-order valence-corrected chi connectivity index (χ3v) is 3.03. The smallest absolute Gasteiger partial charge is 0.256 e. The number of aromatic amines is 1. The van der Waals surface area contributed by atoms with Crippen molar-refractivity contribution < 1.29 is 4.39 Å². The van der Waals surface area contributed by atoms with Gasteiger partial charge in [-0.25, -0.2) is 9.37 Å². The molecule has 88 valence electrons. The minimum absolute atomic E-state index is 0.167. The molecule has 1 heterocycles. The molecule has 0 fully saturated rings. The lowest BCUT2D eigenvalue weighted by Gasteiger charge is -2.06. The van der Waals surface area contributed by atoms with E-state index in [1.54, 1.807) is 6.92 Å². The highest BCUT2D eigenvalue weighted by molar-refractivity contribution is 9.10. The van der Waals surface area contributed by atoms with E-state index in [2.05, 4.69) is 25.9 Å². The second kappa shape index (κ2) is 4.29. The zero-order chi connectivity index (χ0) is 12.6. The number of nitrogens with two attached hydrogens (primary N) is 1. The maximum Gasteiger partial charge on any atom is 0.256 e. The van der Waals surface area contributed by atoms with Crippen LogP contribution in [0.25, 0.3) is 11.4 Å². The zero-order valence-electron chi connectivity index (χ0n) is 8.92. The standard InChI is InChI=1S/C11H9BrFN3O/c1-5-9(14)15-10(16-11(5)17)7-3-2-6(13)4-8(7)12/h2-4H,1H3,(H3,14,15,16,17). The van der Waals surface area contributed by atoms with Crippen molar-refractivity contribution in [1.82, 2.24) is 9.97 Å². The molecule has 6 heteroatoms. The molecule has 0 amide bonds. The highest BCUT2D eigenvalue weighted by Gasteiger charge is 2.10. The van der Waals surface area contributed by atoms with Crippen LogP contribution in [-0.2, 0) is 0 Å². The first-order chi connectivity index (χ1) is 7.99. The van der Waals surface area contributed by atoms with Gasteiger partial charge in [-0.05, 0) is 41.1 Å². The summed E-state index contributed by atoms with van der Waals surface area (Å²) in [5.41, 5.74) is 6.26. The molecule has 17 heavy (non-hydrogen) atoms. The fourth-order valence-corrected chi connectivity index (χ4v) is 1.90. The maximum atomic E-state index is 12.9. The molecule has 0 aliphatic carbocycles. The van der Waals surface area contributed by atoms with Crippen LogP contribution < -0.4 is 11.3 Å². The number of rotatable bonds is 1. The van der Waals surface area contributed by atoms with Gasteiger partial charge in [0.1, 0.15) is 17.5 Å². The highest BCUT2D eigenvalue weighted by Crippen LogP contribution is 2.26. The molecule has 4 nitrogen and oxygen atoms in total. The number of hydrogen-bond acceptors (Lipinski definition) is 3. The van der Waals surface area contributed by atoms with E-state index in [1.807, 2.05) is 0 Å². The summed E-state index contributed by atoms with van der Waals surface area (Å²) in [5, 5.41) is 0. The number of halogens is 2. The molecule has 0 spiro atoms. The number of H-pyrrole nitrogens is 1. The summed E-state index contributed by atoms with van der Waals surface area (Å²) in [6.45, 7) is 1.59. The summed E-state index contributed by atoms with van der Waals surface area (Å²) in [6.07, 6.45) is 0. The van der Waals surface area contributed by atoms with E-state index >= 15 is 0 Å². The van der Waals surface area contributed by atoms with E-state index in [1.165, 1.54) is 18.2 Å². The van der Waals surface area contributed by atoms with Crippen molar-refractivity contribution in [3.8, 4) is 11.4 Å². The average Bonchev–Trinajstić information content (AvgIpc) is 2.25. The van der Waals surface area contributed by atoms with Gasteiger partial charge in [-0.15, -0.1) is 0 Å². The Hall–Kier alpha value is -1.69. The number of aromatic nitrogens is 2. The summed E-state index contributed by atoms with van der Waals surface area (Å²) in [5.74, 6) is 0.105. The fourth-order valence-electron chi connectivity index (χ4n) is 1.36. The number of benzene rings is 1. The third-order valence-electron chi connectivity index (χ3n) is 2.38. The van der Waals surface area contributed by atoms with Crippen molar-refractivity contribution in [2.75, 3.05) is 5.73 Å². The van der Waals surface area contributed by atoms with Crippen molar-refractivity contribution in [2.24, 2.45) is 0 Å². The predicted molar refractivity (Wildman–Crippen MR) is 67.1 cm³/mol. The van der Waals surface area contributed by atoms with Crippen LogP contribution >= 0.6 is 15.9 Å². The Kier molecular flexibility index (Phi) is 2.97. The normalized spacial score (nSPS) is 10.5. The number of nitrogens with zero attached hydrogens (tertiary/aromatic N) is 1. The van der Waals surface area contributed by atoms with Gasteiger partial charge in [0.25, 0.3) is 5.56 Å². The predicted octanol–water partition coefficient (Wildman–Crippen LogP) is 2.23. The third kappa shape index (κ3) is 2.21. The fraction of sp³-hybridized carbons (Fsp3) is 0.0909. The Bertz CT molecular complexity index is 639. The topological polar surface area (TPSA) is 71.8 Å².